The van der Waals surface area contributed by atoms with Crippen molar-refractivity contribution >= 4 is 11.9 Å². The number of carbonyl (C=O) groups excluding carboxylic acids is 2. The average molecular weight is 432 g/mol. The lowest BCUT2D eigenvalue weighted by Gasteiger charge is -2.28. The summed E-state index contributed by atoms with van der Waals surface area (Å²) in [6.45, 7) is 6.74. The number of nitrogens with one attached hydrogen (secondary N) is 1. The molecule has 1 amide bonds. The Bertz CT molecular complexity index is 853. The average Bonchev–Trinajstić information content (AvgIpc) is 2.73. The molecule has 0 bridgehead atoms. The summed E-state index contributed by atoms with van der Waals surface area (Å²) in [5.74, 6) is -1.06. The number of piperidine rings is 1. The maximum absolute atomic E-state index is 13.4. The number of fused-ring (bicyclic) bond motifs is 1. The first kappa shape index (κ1) is 23.5. The molecule has 7 heteroatoms. The van der Waals surface area contributed by atoms with Crippen molar-refractivity contribution in [3.8, 4) is 0 Å². The molecule has 0 radical (unpaired) electrons. The van der Waals surface area contributed by atoms with E-state index in [9.17, 15) is 14.4 Å². The predicted octanol–water partition coefficient (Wildman–Crippen LogP) is 2.67. The standard InChI is InChI=1S/C24H37N3O4/c1-24(2,23(30)31-3)25-21(28)19-17-18-11-7-4-5-8-12-20(18)27(22(19)29)16-15-26-13-9-6-10-14-26/h17H,4-16H2,1-3H3,(H,25,28). The van der Waals surface area contributed by atoms with Gasteiger partial charge in [-0.05, 0) is 77.1 Å². The van der Waals surface area contributed by atoms with Crippen LogP contribution in [0.15, 0.2) is 10.9 Å². The van der Waals surface area contributed by atoms with E-state index in [1.165, 1.54) is 39.2 Å². The normalized spacial score (nSPS) is 17.9. The van der Waals surface area contributed by atoms with Gasteiger partial charge in [0.25, 0.3) is 11.5 Å². The van der Waals surface area contributed by atoms with E-state index in [4.69, 9.17) is 4.74 Å². The largest absolute Gasteiger partial charge is 0.467 e. The van der Waals surface area contributed by atoms with Gasteiger partial charge in [0.05, 0.1) is 7.11 Å². The molecule has 1 aliphatic heterocycles. The highest BCUT2D eigenvalue weighted by atomic mass is 16.5. The highest BCUT2D eigenvalue weighted by Crippen LogP contribution is 2.21. The third-order valence-electron chi connectivity index (χ3n) is 6.56. The van der Waals surface area contributed by atoms with Gasteiger partial charge in [0, 0.05) is 18.8 Å². The predicted molar refractivity (Wildman–Crippen MR) is 120 cm³/mol. The number of esters is 1. The maximum atomic E-state index is 13.4. The molecule has 0 atom stereocenters. The van der Waals surface area contributed by atoms with Crippen LogP contribution in [-0.4, -0.2) is 53.6 Å². The molecule has 1 saturated heterocycles. The SMILES string of the molecule is COC(=O)C(C)(C)NC(=O)c1cc2c(n(CCN3CCCCC3)c1=O)CCCCCC2. The Balaban J connectivity index is 1.93. The third-order valence-corrected chi connectivity index (χ3v) is 6.56. The smallest absolute Gasteiger partial charge is 0.330 e. The quantitative estimate of drug-likeness (QED) is 0.701. The van der Waals surface area contributed by atoms with Crippen LogP contribution >= 0.6 is 0 Å². The van der Waals surface area contributed by atoms with Crippen molar-refractivity contribution < 1.29 is 14.3 Å². The molecule has 1 aromatic heterocycles. The summed E-state index contributed by atoms with van der Waals surface area (Å²) in [4.78, 5) is 40.9. The second kappa shape index (κ2) is 10.4. The Morgan fingerprint density at radius 3 is 2.32 bits per heavy atom. The molecular formula is C24H37N3O4. The van der Waals surface area contributed by atoms with Crippen LogP contribution in [0.4, 0.5) is 0 Å². The van der Waals surface area contributed by atoms with Crippen molar-refractivity contribution in [2.75, 3.05) is 26.7 Å². The van der Waals surface area contributed by atoms with Crippen LogP contribution in [0.5, 0.6) is 0 Å². The number of hydrogen-bond donors (Lipinski definition) is 1. The van der Waals surface area contributed by atoms with Crippen LogP contribution in [0.2, 0.25) is 0 Å². The van der Waals surface area contributed by atoms with Gasteiger partial charge in [-0.1, -0.05) is 19.3 Å². The number of pyridine rings is 1. The van der Waals surface area contributed by atoms with E-state index in [1.54, 1.807) is 19.9 Å². The zero-order chi connectivity index (χ0) is 22.4. The summed E-state index contributed by atoms with van der Waals surface area (Å²) in [6.07, 6.45) is 9.91. The molecule has 3 rings (SSSR count). The lowest BCUT2D eigenvalue weighted by Crippen LogP contribution is -2.51. The summed E-state index contributed by atoms with van der Waals surface area (Å²) in [5, 5.41) is 2.69. The van der Waals surface area contributed by atoms with Crippen LogP contribution in [0.3, 0.4) is 0 Å². The van der Waals surface area contributed by atoms with E-state index in [0.717, 1.165) is 56.6 Å². The van der Waals surface area contributed by atoms with E-state index in [1.807, 2.05) is 4.57 Å². The molecule has 172 valence electrons. The van der Waals surface area contributed by atoms with Crippen molar-refractivity contribution in [1.82, 2.24) is 14.8 Å². The van der Waals surface area contributed by atoms with Gasteiger partial charge in [-0.2, -0.15) is 0 Å². The van der Waals surface area contributed by atoms with Gasteiger partial charge in [0.1, 0.15) is 11.1 Å². The third kappa shape index (κ3) is 5.76. The zero-order valence-electron chi connectivity index (χ0n) is 19.3. The van der Waals surface area contributed by atoms with Crippen LogP contribution < -0.4 is 10.9 Å². The number of rotatable bonds is 6. The summed E-state index contributed by atoms with van der Waals surface area (Å²) in [7, 11) is 1.29. The molecule has 0 unspecified atom stereocenters. The first-order valence-electron chi connectivity index (χ1n) is 11.7. The first-order valence-corrected chi connectivity index (χ1v) is 11.7. The number of hydrogen-bond acceptors (Lipinski definition) is 5. The van der Waals surface area contributed by atoms with Crippen molar-refractivity contribution in [1.29, 1.82) is 0 Å². The molecule has 1 aliphatic carbocycles. The molecule has 31 heavy (non-hydrogen) atoms. The molecule has 0 spiro atoms. The topological polar surface area (TPSA) is 80.6 Å². The number of aromatic nitrogens is 1. The Hall–Kier alpha value is -2.15. The monoisotopic (exact) mass is 431 g/mol. The number of nitrogens with zero attached hydrogens (tertiary/aromatic N) is 2. The van der Waals surface area contributed by atoms with Crippen LogP contribution in [0.25, 0.3) is 0 Å². The van der Waals surface area contributed by atoms with Crippen molar-refractivity contribution in [2.24, 2.45) is 0 Å². The minimum Gasteiger partial charge on any atom is -0.467 e. The summed E-state index contributed by atoms with van der Waals surface area (Å²) in [5.41, 5.74) is 0.843. The van der Waals surface area contributed by atoms with Gasteiger partial charge in [0.2, 0.25) is 0 Å². The minimum absolute atomic E-state index is 0.120. The molecule has 2 heterocycles. The van der Waals surface area contributed by atoms with E-state index < -0.39 is 17.4 Å². The van der Waals surface area contributed by atoms with Crippen molar-refractivity contribution in [3.63, 3.8) is 0 Å². The van der Waals surface area contributed by atoms with E-state index in [0.29, 0.717) is 6.54 Å². The number of ether oxygens (including phenoxy) is 1. The van der Waals surface area contributed by atoms with Gasteiger partial charge < -0.3 is 19.5 Å². The van der Waals surface area contributed by atoms with Crippen LogP contribution in [-0.2, 0) is 28.9 Å². The first-order chi connectivity index (χ1) is 14.8. The van der Waals surface area contributed by atoms with E-state index >= 15 is 0 Å². The van der Waals surface area contributed by atoms with Crippen molar-refractivity contribution in [2.45, 2.75) is 83.7 Å². The molecule has 7 nitrogen and oxygen atoms in total. The Kier molecular flexibility index (Phi) is 7.92. The number of aryl methyl sites for hydroxylation is 1. The second-order valence-corrected chi connectivity index (χ2v) is 9.37. The highest BCUT2D eigenvalue weighted by molar-refractivity contribution is 5.97. The Labute approximate surface area is 185 Å². The summed E-state index contributed by atoms with van der Waals surface area (Å²) >= 11 is 0. The maximum Gasteiger partial charge on any atom is 0.330 e. The minimum atomic E-state index is -1.21. The molecular weight excluding hydrogens is 394 g/mol. The number of amides is 1. The lowest BCUT2D eigenvalue weighted by atomic mass is 9.95. The molecule has 1 fully saturated rings. The van der Waals surface area contributed by atoms with Gasteiger partial charge in [-0.25, -0.2) is 4.79 Å². The molecule has 0 saturated carbocycles. The summed E-state index contributed by atoms with van der Waals surface area (Å²) < 4.78 is 6.63. The fourth-order valence-corrected chi connectivity index (χ4v) is 4.71. The summed E-state index contributed by atoms with van der Waals surface area (Å²) in [6, 6.07) is 1.77. The Morgan fingerprint density at radius 2 is 1.65 bits per heavy atom. The van der Waals surface area contributed by atoms with Gasteiger partial charge in [-0.15, -0.1) is 0 Å². The second-order valence-electron chi connectivity index (χ2n) is 9.37. The van der Waals surface area contributed by atoms with Gasteiger partial charge in [0.15, 0.2) is 0 Å². The molecule has 2 aliphatic rings. The van der Waals surface area contributed by atoms with Gasteiger partial charge in [-0.3, -0.25) is 9.59 Å². The van der Waals surface area contributed by atoms with E-state index in [2.05, 4.69) is 10.2 Å². The van der Waals surface area contributed by atoms with Crippen LogP contribution in [0, 0.1) is 0 Å². The highest BCUT2D eigenvalue weighted by Gasteiger charge is 2.32. The number of methoxy groups -OCH3 is 1. The van der Waals surface area contributed by atoms with E-state index in [-0.39, 0.29) is 11.1 Å². The Morgan fingerprint density at radius 1 is 1.00 bits per heavy atom. The number of carbonyl (C=O) groups is 2. The van der Waals surface area contributed by atoms with Crippen LogP contribution in [0.1, 0.15) is 80.4 Å². The number of likely N-dealkylation sites (tertiary alicyclic amines) is 1. The molecule has 1 N–H and O–H groups in total. The zero-order valence-corrected chi connectivity index (χ0v) is 19.3. The molecule has 1 aromatic rings. The fraction of sp³-hybridized carbons (Fsp3) is 0.708. The fourth-order valence-electron chi connectivity index (χ4n) is 4.71. The van der Waals surface area contributed by atoms with Crippen molar-refractivity contribution in [3.05, 3.63) is 33.2 Å². The van der Waals surface area contributed by atoms with Gasteiger partial charge >= 0.3 is 5.97 Å². The molecule has 0 aromatic carbocycles. The lowest BCUT2D eigenvalue weighted by molar-refractivity contribution is -0.146.